The molecule has 1 aliphatic rings. The number of rotatable bonds is 11. The van der Waals surface area contributed by atoms with Crippen LogP contribution in [0, 0.1) is 0 Å². The summed E-state index contributed by atoms with van der Waals surface area (Å²) in [5, 5.41) is 10.9. The number of nitrogens with two attached hydrogens (primary N) is 3. The summed E-state index contributed by atoms with van der Waals surface area (Å²) in [6, 6.07) is -0.881. The minimum Gasteiger partial charge on any atom is -0.385 e. The lowest BCUT2D eigenvalue weighted by Gasteiger charge is -2.21. The second-order valence-electron chi connectivity index (χ2n) is 7.36. The Morgan fingerprint density at radius 1 is 1.33 bits per heavy atom. The number of aromatic nitrogens is 4. The van der Waals surface area contributed by atoms with Gasteiger partial charge in [-0.2, -0.15) is 0 Å². The Kier molecular flexibility index (Phi) is 8.28. The van der Waals surface area contributed by atoms with Gasteiger partial charge in [0.2, 0.25) is 0 Å². The fraction of sp³-hybridized carbons (Fsp3) is 0.625. The number of ether oxygens (including phenoxy) is 1. The zero-order valence-corrected chi connectivity index (χ0v) is 18.3. The van der Waals surface area contributed by atoms with Crippen LogP contribution in [-0.2, 0) is 23.5 Å². The number of carbonyl (C=O) groups excluding carboxylic acids is 1. The molecule has 2 aromatic rings. The molecule has 16 nitrogen and oxygen atoms in total. The Hall–Kier alpha value is -2.27. The first-order chi connectivity index (χ1) is 15.6. The van der Waals surface area contributed by atoms with Crippen molar-refractivity contribution < 1.29 is 38.4 Å². The van der Waals surface area contributed by atoms with Crippen molar-refractivity contribution in [1.29, 1.82) is 0 Å². The van der Waals surface area contributed by atoms with Gasteiger partial charge >= 0.3 is 7.82 Å². The number of imidazole rings is 1. The van der Waals surface area contributed by atoms with Crippen LogP contribution in [0.25, 0.3) is 11.2 Å². The average molecular weight is 490 g/mol. The number of nitrogens with one attached hydrogen (secondary N) is 1. The Balaban J connectivity index is 1.75. The van der Waals surface area contributed by atoms with E-state index in [4.69, 9.17) is 36.6 Å². The average Bonchev–Trinajstić information content (AvgIpc) is 3.32. The normalized spacial score (nSPS) is 24.3. The maximum Gasteiger partial charge on any atom is 0.469 e. The van der Waals surface area contributed by atoms with E-state index in [1.165, 1.54) is 17.2 Å². The third-order valence-corrected chi connectivity index (χ3v) is 5.46. The topological polar surface area (TPSA) is 256 Å². The van der Waals surface area contributed by atoms with Crippen LogP contribution in [0.3, 0.4) is 0 Å². The van der Waals surface area contributed by atoms with Crippen LogP contribution in [0.5, 0.6) is 0 Å². The largest absolute Gasteiger partial charge is 0.469 e. The van der Waals surface area contributed by atoms with Crippen LogP contribution in [0.1, 0.15) is 25.5 Å². The number of hydrogen-bond acceptors (Lipinski definition) is 12. The molecule has 3 heterocycles. The second kappa shape index (κ2) is 10.8. The summed E-state index contributed by atoms with van der Waals surface area (Å²) in [6.45, 7) is -0.177. The summed E-state index contributed by atoms with van der Waals surface area (Å²) in [6.07, 6.45) is -0.849. The Bertz CT molecular complexity index is 1000. The summed E-state index contributed by atoms with van der Waals surface area (Å²) in [7, 11) is -4.85. The van der Waals surface area contributed by atoms with E-state index in [1.807, 2.05) is 0 Å². The molecule has 33 heavy (non-hydrogen) atoms. The lowest BCUT2D eigenvalue weighted by molar-refractivity contribution is -0.149. The number of nitrogens with zero attached hydrogens (tertiary/aromatic N) is 4. The number of aliphatic hydroxyl groups excluding tert-OH is 1. The number of phosphoric acid groups is 1. The highest BCUT2D eigenvalue weighted by molar-refractivity contribution is 7.46. The number of fused-ring (bicyclic) bond motifs is 1. The van der Waals surface area contributed by atoms with Crippen molar-refractivity contribution in [3.05, 3.63) is 12.7 Å². The van der Waals surface area contributed by atoms with Crippen LogP contribution in [-0.4, -0.2) is 77.8 Å². The van der Waals surface area contributed by atoms with Gasteiger partial charge in [-0.25, -0.2) is 25.0 Å². The van der Waals surface area contributed by atoms with Gasteiger partial charge in [-0.3, -0.25) is 18.7 Å². The van der Waals surface area contributed by atoms with Gasteiger partial charge in [0, 0.05) is 0 Å². The van der Waals surface area contributed by atoms with Gasteiger partial charge in [0.1, 0.15) is 30.2 Å². The molecule has 0 aromatic carbocycles. The first kappa shape index (κ1) is 25.4. The van der Waals surface area contributed by atoms with Crippen LogP contribution < -0.4 is 22.7 Å². The fourth-order valence-corrected chi connectivity index (χ4v) is 3.64. The molecule has 0 saturated carbocycles. The van der Waals surface area contributed by atoms with Gasteiger partial charge in [0.15, 0.2) is 17.7 Å². The number of unbranched alkanes of at least 4 members (excludes halogenated alkanes) is 1. The Morgan fingerprint density at radius 3 is 2.79 bits per heavy atom. The number of nitrogen functional groups attached to an aromatic ring is 1. The number of amides is 1. The molecule has 10 N–H and O–H groups in total. The highest BCUT2D eigenvalue weighted by Gasteiger charge is 2.47. The summed E-state index contributed by atoms with van der Waals surface area (Å²) < 4.78 is 22.7. The number of carbonyl (C=O) groups is 1. The second-order valence-corrected chi connectivity index (χ2v) is 8.60. The van der Waals surface area contributed by atoms with Crippen LogP contribution in [0.15, 0.2) is 12.7 Å². The lowest BCUT2D eigenvalue weighted by atomic mass is 10.1. The van der Waals surface area contributed by atoms with Crippen molar-refractivity contribution in [3.63, 3.8) is 0 Å². The van der Waals surface area contributed by atoms with Gasteiger partial charge in [-0.1, -0.05) is 6.42 Å². The molecule has 0 spiro atoms. The molecule has 17 heteroatoms. The maximum atomic E-state index is 12.2. The minimum atomic E-state index is -4.85. The number of hydrogen-bond donors (Lipinski definition) is 7. The first-order valence-electron chi connectivity index (χ1n) is 10.00. The molecule has 2 aromatic heterocycles. The van der Waals surface area contributed by atoms with Crippen molar-refractivity contribution >= 4 is 30.7 Å². The predicted molar refractivity (Wildman–Crippen MR) is 112 cm³/mol. The monoisotopic (exact) mass is 490 g/mol. The van der Waals surface area contributed by atoms with E-state index in [9.17, 15) is 14.5 Å². The third kappa shape index (κ3) is 6.20. The predicted octanol–water partition coefficient (Wildman–Crippen LogP) is -2.35. The summed E-state index contributed by atoms with van der Waals surface area (Å²) in [4.78, 5) is 47.6. The van der Waals surface area contributed by atoms with E-state index in [2.05, 4.69) is 25.0 Å². The van der Waals surface area contributed by atoms with E-state index in [-0.39, 0.29) is 17.0 Å². The molecular formula is C16H27N8O8P. The molecule has 5 atom stereocenters. The molecule has 0 bridgehead atoms. The van der Waals surface area contributed by atoms with Crippen molar-refractivity contribution in [2.24, 2.45) is 11.5 Å². The van der Waals surface area contributed by atoms with Gasteiger partial charge in [-0.05, 0) is 19.4 Å². The zero-order chi connectivity index (χ0) is 24.2. The molecule has 0 aliphatic carbocycles. The van der Waals surface area contributed by atoms with Crippen molar-refractivity contribution in [2.75, 3.05) is 18.9 Å². The third-order valence-electron chi connectivity index (χ3n) is 4.98. The number of aliphatic hydroxyl groups is 1. The fourth-order valence-electron chi connectivity index (χ4n) is 3.30. The number of anilines is 1. The smallest absolute Gasteiger partial charge is 0.385 e. The molecule has 184 valence electrons. The number of hydroxylamine groups is 1. The molecule has 1 aliphatic heterocycles. The van der Waals surface area contributed by atoms with E-state index in [0.717, 1.165) is 0 Å². The quantitative estimate of drug-likeness (QED) is 0.0988. The van der Waals surface area contributed by atoms with Crippen LogP contribution in [0.2, 0.25) is 0 Å². The van der Waals surface area contributed by atoms with Gasteiger partial charge in [0.25, 0.3) is 5.91 Å². The van der Waals surface area contributed by atoms with Crippen LogP contribution >= 0.6 is 7.82 Å². The summed E-state index contributed by atoms with van der Waals surface area (Å²) >= 11 is 0. The molecule has 3 rings (SSSR count). The van der Waals surface area contributed by atoms with Crippen molar-refractivity contribution in [2.45, 2.75) is 49.8 Å². The first-order valence-corrected chi connectivity index (χ1v) is 11.5. The summed E-state index contributed by atoms with van der Waals surface area (Å²) in [5.41, 5.74) is 19.7. The number of phosphoric ester groups is 1. The molecule has 1 amide bonds. The van der Waals surface area contributed by atoms with Gasteiger partial charge in [-0.15, -0.1) is 0 Å². The van der Waals surface area contributed by atoms with E-state index >= 15 is 0 Å². The molecule has 0 unspecified atom stereocenters. The SMILES string of the molecule is NCCCC[C@H](N)C(=O)NO[C@H]1[C@@H](O)[C@H](n2cnc3c(N)ncnc32)O[C@@H]1COP(=O)(O)O. The van der Waals surface area contributed by atoms with E-state index in [1.54, 1.807) is 0 Å². The van der Waals surface area contributed by atoms with E-state index < -0.39 is 50.9 Å². The highest BCUT2D eigenvalue weighted by Crippen LogP contribution is 2.39. The zero-order valence-electron chi connectivity index (χ0n) is 17.4. The Morgan fingerprint density at radius 2 is 2.09 bits per heavy atom. The molecule has 0 radical (unpaired) electrons. The lowest BCUT2D eigenvalue weighted by Crippen LogP contribution is -2.46. The minimum absolute atomic E-state index is 0.108. The molecule has 1 fully saturated rings. The van der Waals surface area contributed by atoms with Gasteiger partial charge < -0.3 is 36.8 Å². The highest BCUT2D eigenvalue weighted by atomic mass is 31.2. The van der Waals surface area contributed by atoms with E-state index in [0.29, 0.717) is 25.8 Å². The molecule has 1 saturated heterocycles. The van der Waals surface area contributed by atoms with Gasteiger partial charge in [0.05, 0.1) is 19.0 Å². The Labute approximate surface area is 187 Å². The standard InChI is InChI=1S/C16H27N8O8P/c17-4-2-1-3-8(18)15(26)23-32-12-9(5-30-33(27,28)29)31-16(11(12)25)24-7-22-10-13(19)20-6-21-14(10)24/h6-9,11-12,16,25H,1-5,17-18H2,(H,23,26)(H2,19,20,21)(H2,27,28,29)/t8-,9+,11+,12+,16+/m0/s1. The molecular weight excluding hydrogens is 463 g/mol. The van der Waals surface area contributed by atoms with Crippen molar-refractivity contribution in [1.82, 2.24) is 25.0 Å². The van der Waals surface area contributed by atoms with Crippen molar-refractivity contribution in [3.8, 4) is 0 Å². The maximum absolute atomic E-state index is 12.2. The summed E-state index contributed by atoms with van der Waals surface area (Å²) in [5.74, 6) is -0.540. The van der Waals surface area contributed by atoms with Crippen LogP contribution in [0.4, 0.5) is 5.82 Å².